The van der Waals surface area contributed by atoms with Crippen LogP contribution in [0.25, 0.3) is 0 Å². The van der Waals surface area contributed by atoms with E-state index in [2.05, 4.69) is 44.8 Å². The third-order valence-corrected chi connectivity index (χ3v) is 3.99. The minimum atomic E-state index is 0.762. The van der Waals surface area contributed by atoms with Gasteiger partial charge >= 0.3 is 0 Å². The lowest BCUT2D eigenvalue weighted by Crippen LogP contribution is -2.24. The van der Waals surface area contributed by atoms with Gasteiger partial charge in [-0.1, -0.05) is 26.2 Å². The zero-order valence-electron chi connectivity index (χ0n) is 9.62. The monoisotopic (exact) mass is 331 g/mol. The van der Waals surface area contributed by atoms with Crippen LogP contribution in [0.4, 0.5) is 5.95 Å². The number of hydrogen-bond acceptors (Lipinski definition) is 3. The predicted molar refractivity (Wildman–Crippen MR) is 74.4 cm³/mol. The summed E-state index contributed by atoms with van der Waals surface area (Å²) in [7, 11) is 0. The van der Waals surface area contributed by atoms with Crippen molar-refractivity contribution in [2.75, 3.05) is 11.9 Å². The second-order valence-electron chi connectivity index (χ2n) is 4.63. The third-order valence-electron chi connectivity index (χ3n) is 3.43. The molecule has 4 heteroatoms. The molecule has 0 radical (unpaired) electrons. The Kier molecular flexibility index (Phi) is 4.37. The second kappa shape index (κ2) is 5.80. The van der Waals surface area contributed by atoms with Crippen molar-refractivity contribution in [3.05, 3.63) is 16.0 Å². The molecule has 3 nitrogen and oxygen atoms in total. The molecule has 1 heterocycles. The smallest absolute Gasteiger partial charge is 0.222 e. The van der Waals surface area contributed by atoms with Gasteiger partial charge in [-0.2, -0.15) is 0 Å². The largest absolute Gasteiger partial charge is 0.354 e. The van der Waals surface area contributed by atoms with Crippen molar-refractivity contribution in [1.82, 2.24) is 9.97 Å². The third kappa shape index (κ3) is 3.30. The number of halogens is 1. The van der Waals surface area contributed by atoms with Gasteiger partial charge in [-0.15, -0.1) is 0 Å². The van der Waals surface area contributed by atoms with Gasteiger partial charge in [0.15, 0.2) is 0 Å². The fourth-order valence-corrected chi connectivity index (χ4v) is 2.60. The summed E-state index contributed by atoms with van der Waals surface area (Å²) in [4.78, 5) is 8.52. The number of nitrogens with zero attached hydrogens (tertiary/aromatic N) is 2. The van der Waals surface area contributed by atoms with Crippen LogP contribution in [0.5, 0.6) is 0 Å². The lowest BCUT2D eigenvalue weighted by Gasteiger charge is -2.28. The van der Waals surface area contributed by atoms with Crippen LogP contribution in [0.2, 0.25) is 0 Å². The Morgan fingerprint density at radius 2 is 2.00 bits per heavy atom. The van der Waals surface area contributed by atoms with E-state index in [1.165, 1.54) is 25.7 Å². The molecule has 88 valence electrons. The second-order valence-corrected chi connectivity index (χ2v) is 5.87. The van der Waals surface area contributed by atoms with Gasteiger partial charge in [0.2, 0.25) is 5.95 Å². The molecule has 16 heavy (non-hydrogen) atoms. The molecule has 0 saturated heterocycles. The summed E-state index contributed by atoms with van der Waals surface area (Å²) in [5.41, 5.74) is 0. The standard InChI is InChI=1S/C12H18IN3/c1-9-4-2-3-5-10(9)6-14-12-15-7-11(13)8-16-12/h7-10H,2-6H2,1H3,(H,14,15,16). The van der Waals surface area contributed by atoms with Crippen molar-refractivity contribution in [2.45, 2.75) is 32.6 Å². The fourth-order valence-electron chi connectivity index (χ4n) is 2.32. The summed E-state index contributed by atoms with van der Waals surface area (Å²) in [6.45, 7) is 3.38. The Morgan fingerprint density at radius 3 is 2.69 bits per heavy atom. The SMILES string of the molecule is CC1CCCCC1CNc1ncc(I)cn1. The maximum atomic E-state index is 4.26. The molecule has 2 atom stereocenters. The van der Waals surface area contributed by atoms with Gasteiger partial charge in [-0.05, 0) is 40.8 Å². The highest BCUT2D eigenvalue weighted by atomic mass is 127. The van der Waals surface area contributed by atoms with E-state index < -0.39 is 0 Å². The van der Waals surface area contributed by atoms with Gasteiger partial charge in [-0.3, -0.25) is 0 Å². The summed E-state index contributed by atoms with van der Waals surface area (Å²) < 4.78 is 1.08. The average molecular weight is 331 g/mol. The maximum absolute atomic E-state index is 4.26. The van der Waals surface area contributed by atoms with Crippen LogP contribution in [-0.2, 0) is 0 Å². The highest BCUT2D eigenvalue weighted by molar-refractivity contribution is 14.1. The molecule has 2 rings (SSSR count). The van der Waals surface area contributed by atoms with Gasteiger partial charge in [0, 0.05) is 22.5 Å². The van der Waals surface area contributed by atoms with E-state index in [0.717, 1.165) is 27.9 Å². The first-order chi connectivity index (χ1) is 7.75. The number of rotatable bonds is 3. The van der Waals surface area contributed by atoms with E-state index in [1.807, 2.05) is 12.4 Å². The minimum absolute atomic E-state index is 0.762. The lowest BCUT2D eigenvalue weighted by molar-refractivity contribution is 0.268. The van der Waals surface area contributed by atoms with Crippen LogP contribution in [0.1, 0.15) is 32.6 Å². The molecule has 0 bridgehead atoms. The fraction of sp³-hybridized carbons (Fsp3) is 0.667. The van der Waals surface area contributed by atoms with Crippen LogP contribution in [-0.4, -0.2) is 16.5 Å². The Hall–Kier alpha value is -0.390. The number of anilines is 1. The maximum Gasteiger partial charge on any atom is 0.222 e. The van der Waals surface area contributed by atoms with E-state index in [0.29, 0.717) is 0 Å². The van der Waals surface area contributed by atoms with Crippen LogP contribution in [0, 0.1) is 15.4 Å². The summed E-state index contributed by atoms with van der Waals surface area (Å²) in [6.07, 6.45) is 9.20. The summed E-state index contributed by atoms with van der Waals surface area (Å²) >= 11 is 2.22. The average Bonchev–Trinajstić information content (AvgIpc) is 2.30. The van der Waals surface area contributed by atoms with E-state index in [-0.39, 0.29) is 0 Å². The van der Waals surface area contributed by atoms with Gasteiger partial charge in [0.05, 0.1) is 0 Å². The highest BCUT2D eigenvalue weighted by Gasteiger charge is 2.20. The topological polar surface area (TPSA) is 37.8 Å². The van der Waals surface area contributed by atoms with Crippen LogP contribution in [0.3, 0.4) is 0 Å². The van der Waals surface area contributed by atoms with E-state index in [4.69, 9.17) is 0 Å². The van der Waals surface area contributed by atoms with Crippen molar-refractivity contribution in [3.63, 3.8) is 0 Å². The van der Waals surface area contributed by atoms with Crippen LogP contribution < -0.4 is 5.32 Å². The number of aromatic nitrogens is 2. The Balaban J connectivity index is 1.84. The molecule has 1 N–H and O–H groups in total. The van der Waals surface area contributed by atoms with Crippen molar-refractivity contribution in [3.8, 4) is 0 Å². The molecule has 0 spiro atoms. The summed E-state index contributed by atoms with van der Waals surface area (Å²) in [5, 5.41) is 3.35. The molecule has 2 unspecified atom stereocenters. The normalized spacial score (nSPS) is 25.4. The lowest BCUT2D eigenvalue weighted by atomic mass is 9.80. The van der Waals surface area contributed by atoms with E-state index in [1.54, 1.807) is 0 Å². The number of nitrogens with one attached hydrogen (secondary N) is 1. The first-order valence-corrected chi connectivity index (χ1v) is 7.05. The van der Waals surface area contributed by atoms with Crippen LogP contribution in [0.15, 0.2) is 12.4 Å². The quantitative estimate of drug-likeness (QED) is 0.864. The molecule has 1 fully saturated rings. The first kappa shape index (κ1) is 12.1. The van der Waals surface area contributed by atoms with E-state index >= 15 is 0 Å². The molecule has 0 aromatic carbocycles. The van der Waals surface area contributed by atoms with Gasteiger partial charge < -0.3 is 5.32 Å². The van der Waals surface area contributed by atoms with Gasteiger partial charge in [0.25, 0.3) is 0 Å². The molecule has 1 aromatic heterocycles. The molecule has 1 saturated carbocycles. The zero-order chi connectivity index (χ0) is 11.4. The Labute approximate surface area is 111 Å². The van der Waals surface area contributed by atoms with Crippen molar-refractivity contribution < 1.29 is 0 Å². The first-order valence-electron chi connectivity index (χ1n) is 5.97. The van der Waals surface area contributed by atoms with Gasteiger partial charge in [-0.25, -0.2) is 9.97 Å². The Bertz CT molecular complexity index is 326. The van der Waals surface area contributed by atoms with Gasteiger partial charge in [0.1, 0.15) is 0 Å². The minimum Gasteiger partial charge on any atom is -0.354 e. The van der Waals surface area contributed by atoms with Crippen LogP contribution >= 0.6 is 22.6 Å². The molecular formula is C12H18IN3. The predicted octanol–water partition coefficient (Wildman–Crippen LogP) is 3.32. The molecule has 1 aliphatic rings. The van der Waals surface area contributed by atoms with E-state index in [9.17, 15) is 0 Å². The molecule has 0 aliphatic heterocycles. The molecule has 1 aromatic rings. The molecule has 0 amide bonds. The molecule has 1 aliphatic carbocycles. The summed E-state index contributed by atoms with van der Waals surface area (Å²) in [6, 6.07) is 0. The Morgan fingerprint density at radius 1 is 1.31 bits per heavy atom. The number of hydrogen-bond donors (Lipinski definition) is 1. The highest BCUT2D eigenvalue weighted by Crippen LogP contribution is 2.29. The molecular weight excluding hydrogens is 313 g/mol. The van der Waals surface area contributed by atoms with Crippen molar-refractivity contribution >= 4 is 28.5 Å². The van der Waals surface area contributed by atoms with Crippen molar-refractivity contribution in [1.29, 1.82) is 0 Å². The summed E-state index contributed by atoms with van der Waals surface area (Å²) in [5.74, 6) is 2.39. The zero-order valence-corrected chi connectivity index (χ0v) is 11.8. The van der Waals surface area contributed by atoms with Crippen molar-refractivity contribution in [2.24, 2.45) is 11.8 Å².